The molecular weight excluding hydrogens is 351 g/mol. The monoisotopic (exact) mass is 372 g/mol. The molecular formula is C20H21FN2O4. The Kier molecular flexibility index (Phi) is 6.28. The number of benzene rings is 2. The van der Waals surface area contributed by atoms with Crippen LogP contribution in [0, 0.1) is 11.2 Å². The zero-order valence-corrected chi connectivity index (χ0v) is 15.3. The molecule has 2 rings (SSSR count). The topological polar surface area (TPSA) is 84.5 Å². The molecule has 0 aliphatic rings. The van der Waals surface area contributed by atoms with Gasteiger partial charge < -0.3 is 15.4 Å². The second-order valence-electron chi connectivity index (χ2n) is 6.31. The van der Waals surface area contributed by atoms with Crippen molar-refractivity contribution in [3.05, 3.63) is 59.9 Å². The Morgan fingerprint density at radius 1 is 1.00 bits per heavy atom. The average Bonchev–Trinajstić information content (AvgIpc) is 2.62. The molecule has 6 nitrogen and oxygen atoms in total. The van der Waals surface area contributed by atoms with E-state index in [9.17, 15) is 18.8 Å². The number of nitrogens with one attached hydrogen (secondary N) is 2. The first-order valence-corrected chi connectivity index (χ1v) is 8.40. The van der Waals surface area contributed by atoms with Crippen molar-refractivity contribution in [1.29, 1.82) is 0 Å². The van der Waals surface area contributed by atoms with Gasteiger partial charge in [-0.05, 0) is 51.1 Å². The van der Waals surface area contributed by atoms with E-state index < -0.39 is 29.0 Å². The van der Waals surface area contributed by atoms with E-state index in [1.165, 1.54) is 38.1 Å². The zero-order valence-electron chi connectivity index (χ0n) is 15.3. The summed E-state index contributed by atoms with van der Waals surface area (Å²) in [5.74, 6) is -2.30. The largest absolute Gasteiger partial charge is 0.462 e. The molecule has 0 aliphatic carbocycles. The Bertz CT molecular complexity index is 865. The Labute approximate surface area is 156 Å². The summed E-state index contributed by atoms with van der Waals surface area (Å²) in [7, 11) is 0. The van der Waals surface area contributed by atoms with Gasteiger partial charge in [-0.3, -0.25) is 9.59 Å². The molecule has 0 saturated heterocycles. The van der Waals surface area contributed by atoms with Gasteiger partial charge in [0.05, 0.1) is 17.9 Å². The van der Waals surface area contributed by atoms with E-state index in [0.29, 0.717) is 0 Å². The normalized spacial score (nSPS) is 10.8. The van der Waals surface area contributed by atoms with Crippen LogP contribution in [-0.4, -0.2) is 24.4 Å². The first kappa shape index (κ1) is 20.1. The van der Waals surface area contributed by atoms with Crippen molar-refractivity contribution in [2.24, 2.45) is 5.41 Å². The summed E-state index contributed by atoms with van der Waals surface area (Å²) in [6.07, 6.45) is 0. The molecule has 2 amide bonds. The van der Waals surface area contributed by atoms with Gasteiger partial charge >= 0.3 is 5.97 Å². The lowest BCUT2D eigenvalue weighted by Gasteiger charge is -2.23. The van der Waals surface area contributed by atoms with Gasteiger partial charge in [0.1, 0.15) is 11.2 Å². The molecule has 0 fully saturated rings. The van der Waals surface area contributed by atoms with Gasteiger partial charge in [-0.1, -0.05) is 18.2 Å². The third-order valence-electron chi connectivity index (χ3n) is 3.89. The molecule has 0 heterocycles. The number of hydrogen-bond acceptors (Lipinski definition) is 4. The van der Waals surface area contributed by atoms with Gasteiger partial charge in [0.25, 0.3) is 0 Å². The molecule has 7 heteroatoms. The van der Waals surface area contributed by atoms with E-state index in [2.05, 4.69) is 10.6 Å². The predicted octanol–water partition coefficient (Wildman–Crippen LogP) is 3.61. The highest BCUT2D eigenvalue weighted by molar-refractivity contribution is 6.15. The van der Waals surface area contributed by atoms with Gasteiger partial charge in [0, 0.05) is 5.69 Å². The molecule has 0 radical (unpaired) electrons. The van der Waals surface area contributed by atoms with Crippen molar-refractivity contribution in [2.75, 3.05) is 17.2 Å². The minimum atomic E-state index is -1.48. The Morgan fingerprint density at radius 3 is 2.33 bits per heavy atom. The maximum absolute atomic E-state index is 13.3. The van der Waals surface area contributed by atoms with Gasteiger partial charge in [-0.2, -0.15) is 0 Å². The summed E-state index contributed by atoms with van der Waals surface area (Å²) >= 11 is 0. The maximum atomic E-state index is 13.3. The van der Waals surface area contributed by atoms with Crippen molar-refractivity contribution in [2.45, 2.75) is 20.8 Å². The van der Waals surface area contributed by atoms with E-state index in [1.807, 2.05) is 0 Å². The van der Waals surface area contributed by atoms with Gasteiger partial charge in [-0.25, -0.2) is 9.18 Å². The van der Waals surface area contributed by atoms with Crippen LogP contribution >= 0.6 is 0 Å². The molecule has 0 saturated carbocycles. The highest BCUT2D eigenvalue weighted by atomic mass is 19.1. The SMILES string of the molecule is CCOC(=O)c1ccccc1NC(=O)C(C)(C)C(=O)Nc1cccc(F)c1. The van der Waals surface area contributed by atoms with Crippen LogP contribution < -0.4 is 10.6 Å². The van der Waals surface area contributed by atoms with Crippen molar-refractivity contribution < 1.29 is 23.5 Å². The number of ether oxygens (including phenoxy) is 1. The fraction of sp³-hybridized carbons (Fsp3) is 0.250. The highest BCUT2D eigenvalue weighted by Gasteiger charge is 2.36. The van der Waals surface area contributed by atoms with Crippen LogP contribution in [0.3, 0.4) is 0 Å². The number of halogens is 1. The van der Waals surface area contributed by atoms with E-state index in [-0.39, 0.29) is 23.5 Å². The van der Waals surface area contributed by atoms with E-state index in [0.717, 1.165) is 6.07 Å². The number of rotatable bonds is 6. The number of carbonyl (C=O) groups is 3. The van der Waals surface area contributed by atoms with Crippen LogP contribution in [-0.2, 0) is 14.3 Å². The number of amides is 2. The minimum absolute atomic E-state index is 0.189. The zero-order chi connectivity index (χ0) is 20.0. The van der Waals surface area contributed by atoms with Crippen molar-refractivity contribution in [1.82, 2.24) is 0 Å². The van der Waals surface area contributed by atoms with Crippen LogP contribution in [0.25, 0.3) is 0 Å². The lowest BCUT2D eigenvalue weighted by molar-refractivity contribution is -0.135. The molecule has 2 aromatic rings. The standard InChI is InChI=1S/C20H21FN2O4/c1-4-27-17(24)15-10-5-6-11-16(15)23-19(26)20(2,3)18(25)22-14-9-7-8-13(21)12-14/h5-12H,4H2,1-3H3,(H,22,25)(H,23,26). The molecule has 0 aromatic heterocycles. The van der Waals surface area contributed by atoms with Crippen LogP contribution in [0.5, 0.6) is 0 Å². The predicted molar refractivity (Wildman–Crippen MR) is 99.8 cm³/mol. The molecule has 2 N–H and O–H groups in total. The lowest BCUT2D eigenvalue weighted by Crippen LogP contribution is -2.41. The molecule has 27 heavy (non-hydrogen) atoms. The van der Waals surface area contributed by atoms with Gasteiger partial charge in [0.15, 0.2) is 0 Å². The summed E-state index contributed by atoms with van der Waals surface area (Å²) in [5, 5.41) is 5.11. The quantitative estimate of drug-likeness (QED) is 0.599. The maximum Gasteiger partial charge on any atom is 0.340 e. The third kappa shape index (κ3) is 4.91. The number of anilines is 2. The number of hydrogen-bond donors (Lipinski definition) is 2. The number of esters is 1. The van der Waals surface area contributed by atoms with Crippen molar-refractivity contribution in [3.63, 3.8) is 0 Å². The average molecular weight is 372 g/mol. The summed E-state index contributed by atoms with van der Waals surface area (Å²) in [5.41, 5.74) is -0.803. The summed E-state index contributed by atoms with van der Waals surface area (Å²) in [6.45, 7) is 4.75. The van der Waals surface area contributed by atoms with Crippen LogP contribution in [0.1, 0.15) is 31.1 Å². The van der Waals surface area contributed by atoms with Crippen LogP contribution in [0.15, 0.2) is 48.5 Å². The highest BCUT2D eigenvalue weighted by Crippen LogP contribution is 2.24. The van der Waals surface area contributed by atoms with E-state index in [1.54, 1.807) is 25.1 Å². The third-order valence-corrected chi connectivity index (χ3v) is 3.89. The van der Waals surface area contributed by atoms with E-state index >= 15 is 0 Å². The Balaban J connectivity index is 2.16. The van der Waals surface area contributed by atoms with Gasteiger partial charge in [0.2, 0.25) is 11.8 Å². The Hall–Kier alpha value is -3.22. The first-order chi connectivity index (χ1) is 12.8. The van der Waals surface area contributed by atoms with Crippen molar-refractivity contribution >= 4 is 29.2 Å². The second kappa shape index (κ2) is 8.44. The number of carbonyl (C=O) groups excluding carboxylic acids is 3. The number of para-hydroxylation sites is 1. The fourth-order valence-electron chi connectivity index (χ4n) is 2.21. The first-order valence-electron chi connectivity index (χ1n) is 8.40. The molecule has 2 aromatic carbocycles. The second-order valence-corrected chi connectivity index (χ2v) is 6.31. The summed E-state index contributed by atoms with van der Waals surface area (Å²) in [4.78, 5) is 37.2. The summed E-state index contributed by atoms with van der Waals surface area (Å²) < 4.78 is 18.2. The minimum Gasteiger partial charge on any atom is -0.462 e. The van der Waals surface area contributed by atoms with Crippen LogP contribution in [0.2, 0.25) is 0 Å². The van der Waals surface area contributed by atoms with E-state index in [4.69, 9.17) is 4.74 Å². The summed E-state index contributed by atoms with van der Waals surface area (Å²) in [6, 6.07) is 11.7. The van der Waals surface area contributed by atoms with Crippen molar-refractivity contribution in [3.8, 4) is 0 Å². The molecule has 0 atom stereocenters. The lowest BCUT2D eigenvalue weighted by atomic mass is 9.90. The molecule has 0 bridgehead atoms. The molecule has 0 aliphatic heterocycles. The van der Waals surface area contributed by atoms with Crippen LogP contribution in [0.4, 0.5) is 15.8 Å². The smallest absolute Gasteiger partial charge is 0.340 e. The Morgan fingerprint density at radius 2 is 1.67 bits per heavy atom. The molecule has 0 spiro atoms. The van der Waals surface area contributed by atoms with Gasteiger partial charge in [-0.15, -0.1) is 0 Å². The fourth-order valence-corrected chi connectivity index (χ4v) is 2.21. The molecule has 0 unspecified atom stereocenters. The molecule has 142 valence electrons.